The molecule has 228 valence electrons. The fraction of sp³-hybridized carbons (Fsp3) is 0.440. The Bertz CT molecular complexity index is 1330. The smallest absolute Gasteiger partial charge is 0.381 e. The maximum absolute atomic E-state index is 13.0. The number of hydrogen-bond acceptors (Lipinski definition) is 9. The van der Waals surface area contributed by atoms with E-state index in [1.54, 1.807) is 27.3 Å². The average Bonchev–Trinajstić information content (AvgIpc) is 2.94. The fourth-order valence-electron chi connectivity index (χ4n) is 3.70. The Morgan fingerprint density at radius 3 is 2.17 bits per heavy atom. The highest BCUT2D eigenvalue weighted by Gasteiger charge is 2.37. The van der Waals surface area contributed by atoms with Gasteiger partial charge in [0.2, 0.25) is 11.9 Å². The number of rotatable bonds is 8. The number of anilines is 2. The first kappa shape index (κ1) is 32.2. The maximum atomic E-state index is 13.0. The summed E-state index contributed by atoms with van der Waals surface area (Å²) in [4.78, 5) is 38.3. The van der Waals surface area contributed by atoms with E-state index in [-0.39, 0.29) is 38.0 Å². The Morgan fingerprint density at radius 2 is 1.62 bits per heavy atom. The van der Waals surface area contributed by atoms with E-state index >= 15 is 0 Å². The molecule has 1 aliphatic rings. The lowest BCUT2D eigenvalue weighted by atomic mass is 10.2. The summed E-state index contributed by atoms with van der Waals surface area (Å²) in [7, 11) is 0. The molecule has 4 rings (SSSR count). The maximum Gasteiger partial charge on any atom is 0.423 e. The van der Waals surface area contributed by atoms with Crippen LogP contribution in [0.3, 0.4) is 0 Å². The molecule has 0 bridgehead atoms. The van der Waals surface area contributed by atoms with Crippen molar-refractivity contribution in [2.75, 3.05) is 56.2 Å². The molecule has 0 spiro atoms. The first-order valence-electron chi connectivity index (χ1n) is 12.6. The van der Waals surface area contributed by atoms with E-state index in [0.29, 0.717) is 38.6 Å². The summed E-state index contributed by atoms with van der Waals surface area (Å²) >= 11 is 0. The molecule has 4 heterocycles. The normalized spacial score (nSPS) is 13.8. The van der Waals surface area contributed by atoms with Gasteiger partial charge in [-0.1, -0.05) is 0 Å². The van der Waals surface area contributed by atoms with E-state index in [4.69, 9.17) is 4.74 Å². The van der Waals surface area contributed by atoms with Crippen molar-refractivity contribution in [2.24, 2.45) is 0 Å². The number of pyridine rings is 1. The van der Waals surface area contributed by atoms with Crippen molar-refractivity contribution >= 4 is 17.5 Å². The van der Waals surface area contributed by atoms with Gasteiger partial charge in [-0.25, -0.2) is 15.1 Å². The zero-order valence-corrected chi connectivity index (χ0v) is 22.4. The molecule has 0 unspecified atom stereocenters. The van der Waals surface area contributed by atoms with Crippen molar-refractivity contribution in [3.05, 3.63) is 70.2 Å². The fourth-order valence-corrected chi connectivity index (χ4v) is 3.70. The van der Waals surface area contributed by atoms with Gasteiger partial charge in [0.1, 0.15) is 5.56 Å². The number of piperazine rings is 1. The summed E-state index contributed by atoms with van der Waals surface area (Å²) < 4.78 is 82.0. The topological polar surface area (TPSA) is 129 Å². The quantitative estimate of drug-likeness (QED) is 0.295. The highest BCUT2D eigenvalue weighted by molar-refractivity contribution is 5.76. The molecule has 17 heteroatoms. The number of amides is 1. The van der Waals surface area contributed by atoms with Crippen LogP contribution in [-0.4, -0.2) is 81.9 Å². The van der Waals surface area contributed by atoms with Gasteiger partial charge in [0.15, 0.2) is 0 Å². The van der Waals surface area contributed by atoms with Crippen LogP contribution in [0.15, 0.2) is 47.9 Å². The molecule has 3 aromatic rings. The van der Waals surface area contributed by atoms with Gasteiger partial charge in [-0.3, -0.25) is 14.6 Å². The molecule has 1 fully saturated rings. The van der Waals surface area contributed by atoms with Gasteiger partial charge in [-0.15, -0.1) is 0 Å². The molecule has 0 aromatic carbocycles. The van der Waals surface area contributed by atoms with Gasteiger partial charge in [-0.05, 0) is 24.6 Å². The van der Waals surface area contributed by atoms with Crippen LogP contribution in [0.4, 0.5) is 38.0 Å². The van der Waals surface area contributed by atoms with E-state index in [9.17, 15) is 35.9 Å². The Kier molecular flexibility index (Phi) is 11.2. The lowest BCUT2D eigenvalue weighted by Crippen LogP contribution is -2.49. The minimum absolute atomic E-state index is 0.0174. The Balaban J connectivity index is 0.000000603. The van der Waals surface area contributed by atoms with Crippen molar-refractivity contribution in [3.8, 4) is 0 Å². The molecular formula is C25H28F6N8O3. The van der Waals surface area contributed by atoms with Crippen molar-refractivity contribution < 1.29 is 35.9 Å². The van der Waals surface area contributed by atoms with Crippen LogP contribution >= 0.6 is 0 Å². The Labute approximate surface area is 235 Å². The second-order valence-electron chi connectivity index (χ2n) is 8.94. The Hall–Kier alpha value is -4.28. The van der Waals surface area contributed by atoms with Crippen LogP contribution in [0.5, 0.6) is 0 Å². The minimum Gasteiger partial charge on any atom is -0.381 e. The molecule has 0 atom stereocenters. The van der Waals surface area contributed by atoms with Gasteiger partial charge in [-0.2, -0.15) is 31.4 Å². The van der Waals surface area contributed by atoms with Crippen LogP contribution in [-0.2, 0) is 21.9 Å². The lowest BCUT2D eigenvalue weighted by molar-refractivity contribution is -0.139. The summed E-state index contributed by atoms with van der Waals surface area (Å²) in [5, 5.41) is 7.51. The Morgan fingerprint density at radius 1 is 0.976 bits per heavy atom. The molecule has 0 radical (unpaired) electrons. The third-order valence-corrected chi connectivity index (χ3v) is 5.89. The first-order valence-corrected chi connectivity index (χ1v) is 12.6. The van der Waals surface area contributed by atoms with Gasteiger partial charge >= 0.3 is 12.4 Å². The van der Waals surface area contributed by atoms with Crippen molar-refractivity contribution in [1.82, 2.24) is 30.0 Å². The number of aromatic nitrogens is 5. The van der Waals surface area contributed by atoms with E-state index < -0.39 is 34.7 Å². The number of alkyl halides is 6. The molecule has 42 heavy (non-hydrogen) atoms. The third kappa shape index (κ3) is 9.67. The van der Waals surface area contributed by atoms with Crippen molar-refractivity contribution in [2.45, 2.75) is 25.7 Å². The number of carbonyl (C=O) groups excluding carboxylic acids is 1. The van der Waals surface area contributed by atoms with Crippen LogP contribution in [0.25, 0.3) is 0 Å². The second-order valence-corrected chi connectivity index (χ2v) is 8.94. The number of aromatic amines is 1. The zero-order chi connectivity index (χ0) is 30.8. The molecular weight excluding hydrogens is 574 g/mol. The first-order chi connectivity index (χ1) is 19.9. The molecule has 0 aliphatic carbocycles. The summed E-state index contributed by atoms with van der Waals surface area (Å²) in [5.41, 5.74) is -2.91. The van der Waals surface area contributed by atoms with Crippen LogP contribution in [0.1, 0.15) is 23.1 Å². The number of ether oxygens (including phenoxy) is 1. The van der Waals surface area contributed by atoms with Gasteiger partial charge < -0.3 is 19.9 Å². The van der Waals surface area contributed by atoms with E-state index in [0.717, 1.165) is 6.20 Å². The third-order valence-electron chi connectivity index (χ3n) is 5.89. The molecule has 3 aromatic heterocycles. The van der Waals surface area contributed by atoms with Crippen LogP contribution < -0.4 is 15.8 Å². The van der Waals surface area contributed by atoms with Crippen LogP contribution in [0.2, 0.25) is 0 Å². The zero-order valence-electron chi connectivity index (χ0n) is 22.4. The lowest BCUT2D eigenvalue weighted by Gasteiger charge is -2.34. The van der Waals surface area contributed by atoms with E-state index in [2.05, 4.69) is 25.4 Å². The molecule has 11 nitrogen and oxygen atoms in total. The SMILES string of the molecule is Cc1ccncc1.O=C(CCOCCNc1cn[nH]c(=O)c1C(F)(F)F)N1CCN(c2ncc(C(F)(F)F)cn2)CC1. The summed E-state index contributed by atoms with van der Waals surface area (Å²) in [6.45, 7) is 3.33. The van der Waals surface area contributed by atoms with Crippen molar-refractivity contribution in [1.29, 1.82) is 0 Å². The van der Waals surface area contributed by atoms with Gasteiger partial charge in [0.25, 0.3) is 5.56 Å². The van der Waals surface area contributed by atoms with E-state index in [1.165, 1.54) is 5.56 Å². The average molecular weight is 603 g/mol. The highest BCUT2D eigenvalue weighted by Crippen LogP contribution is 2.31. The molecule has 1 amide bonds. The standard InChI is InChI=1S/C19H21F6N7O3.C6H7N/c20-18(21,22)12-9-27-17(28-10-12)32-5-3-31(4-6-32)14(33)1-7-35-8-2-26-13-11-29-30-16(34)15(13)19(23,24)25;1-6-2-4-7-5-3-6/h9-11H,1-8H2,(H2,26,30,34);2-5H,1H3. The summed E-state index contributed by atoms with van der Waals surface area (Å²) in [6, 6.07) is 3.94. The van der Waals surface area contributed by atoms with E-state index in [1.807, 2.05) is 19.1 Å². The van der Waals surface area contributed by atoms with Gasteiger partial charge in [0, 0.05) is 57.5 Å². The van der Waals surface area contributed by atoms with Crippen LogP contribution in [0, 0.1) is 6.92 Å². The number of hydrogen-bond donors (Lipinski definition) is 2. The number of carbonyl (C=O) groups is 1. The number of H-pyrrole nitrogens is 1. The number of halogens is 6. The number of nitrogens with one attached hydrogen (secondary N) is 2. The molecule has 1 aliphatic heterocycles. The monoisotopic (exact) mass is 602 g/mol. The second kappa shape index (κ2) is 14.6. The molecule has 0 saturated carbocycles. The minimum atomic E-state index is -4.85. The molecule has 1 saturated heterocycles. The molecule has 2 N–H and O–H groups in total. The van der Waals surface area contributed by atoms with Gasteiger partial charge in [0.05, 0.1) is 37.1 Å². The number of aryl methyl sites for hydroxylation is 1. The largest absolute Gasteiger partial charge is 0.423 e. The van der Waals surface area contributed by atoms with Crippen molar-refractivity contribution in [3.63, 3.8) is 0 Å². The summed E-state index contributed by atoms with van der Waals surface area (Å²) in [6.07, 6.45) is -3.49. The summed E-state index contributed by atoms with van der Waals surface area (Å²) in [5.74, 6) is -0.0608. The predicted octanol–water partition coefficient (Wildman–Crippen LogP) is 3.15. The predicted molar refractivity (Wildman–Crippen MR) is 139 cm³/mol. The number of nitrogens with zero attached hydrogens (tertiary/aromatic N) is 6. The highest BCUT2D eigenvalue weighted by atomic mass is 19.4.